The van der Waals surface area contributed by atoms with Gasteiger partial charge in [0, 0.05) is 24.2 Å². The Kier molecular flexibility index (Phi) is 3.53. The van der Waals surface area contributed by atoms with Gasteiger partial charge in [0.05, 0.1) is 17.5 Å². The fourth-order valence-electron chi connectivity index (χ4n) is 2.52. The van der Waals surface area contributed by atoms with Gasteiger partial charge in [-0.25, -0.2) is 0 Å². The van der Waals surface area contributed by atoms with Gasteiger partial charge in [-0.3, -0.25) is 4.79 Å². The van der Waals surface area contributed by atoms with E-state index in [-0.39, 0.29) is 11.3 Å². The number of nitrogens with zero attached hydrogens (tertiary/aromatic N) is 2. The molecule has 1 heterocycles. The second kappa shape index (κ2) is 5.64. The first kappa shape index (κ1) is 13.1. The topological polar surface area (TPSA) is 45.8 Å². The molecule has 0 fully saturated rings. The van der Waals surface area contributed by atoms with Crippen molar-refractivity contribution < 1.29 is 0 Å². The number of rotatable bonds is 3. The number of fused-ring (bicyclic) bond motifs is 1. The van der Waals surface area contributed by atoms with Crippen molar-refractivity contribution in [2.45, 2.75) is 12.5 Å². The largest absolute Gasteiger partial charge is 0.346 e. The van der Waals surface area contributed by atoms with E-state index in [2.05, 4.69) is 6.07 Å². The Morgan fingerprint density at radius 2 is 1.71 bits per heavy atom. The quantitative estimate of drug-likeness (QED) is 0.735. The third kappa shape index (κ3) is 2.56. The van der Waals surface area contributed by atoms with Crippen LogP contribution in [0.15, 0.2) is 71.7 Å². The van der Waals surface area contributed by atoms with Crippen LogP contribution >= 0.6 is 0 Å². The maximum Gasteiger partial charge on any atom is 0.189 e. The smallest absolute Gasteiger partial charge is 0.189 e. The maximum absolute atomic E-state index is 11.9. The van der Waals surface area contributed by atoms with Crippen molar-refractivity contribution in [2.24, 2.45) is 0 Å². The lowest BCUT2D eigenvalue weighted by Gasteiger charge is -2.14. The number of benzene rings is 2. The summed E-state index contributed by atoms with van der Waals surface area (Å²) in [6.45, 7) is 0.529. The first-order valence-electron chi connectivity index (χ1n) is 6.82. The summed E-state index contributed by atoms with van der Waals surface area (Å²) in [5, 5.41) is 10.1. The van der Waals surface area contributed by atoms with E-state index in [0.717, 1.165) is 11.1 Å². The van der Waals surface area contributed by atoms with Crippen molar-refractivity contribution in [3.05, 3.63) is 82.6 Å². The SMILES string of the molecule is N#CC(Cn1ccc(=O)c2ccccc21)c1ccccc1. The van der Waals surface area contributed by atoms with Gasteiger partial charge in [0.2, 0.25) is 0 Å². The second-order valence-corrected chi connectivity index (χ2v) is 4.94. The van der Waals surface area contributed by atoms with Gasteiger partial charge < -0.3 is 4.57 Å². The first-order chi connectivity index (χ1) is 10.3. The van der Waals surface area contributed by atoms with Crippen molar-refractivity contribution in [3.63, 3.8) is 0 Å². The number of aromatic nitrogens is 1. The molecule has 0 aliphatic carbocycles. The van der Waals surface area contributed by atoms with Crippen LogP contribution in [0.4, 0.5) is 0 Å². The fourth-order valence-corrected chi connectivity index (χ4v) is 2.52. The zero-order valence-corrected chi connectivity index (χ0v) is 11.4. The van der Waals surface area contributed by atoms with E-state index in [9.17, 15) is 10.1 Å². The fraction of sp³-hybridized carbons (Fsp3) is 0.111. The highest BCUT2D eigenvalue weighted by Crippen LogP contribution is 2.19. The van der Waals surface area contributed by atoms with Crippen molar-refractivity contribution in [2.75, 3.05) is 0 Å². The summed E-state index contributed by atoms with van der Waals surface area (Å²) in [7, 11) is 0. The number of nitriles is 1. The molecule has 0 radical (unpaired) electrons. The molecular formula is C18H14N2O. The van der Waals surface area contributed by atoms with Gasteiger partial charge in [0.25, 0.3) is 0 Å². The van der Waals surface area contributed by atoms with Crippen LogP contribution in [0.25, 0.3) is 10.9 Å². The van der Waals surface area contributed by atoms with Gasteiger partial charge in [-0.05, 0) is 17.7 Å². The van der Waals surface area contributed by atoms with E-state index in [0.29, 0.717) is 11.9 Å². The Labute approximate surface area is 122 Å². The minimum atomic E-state index is -0.239. The lowest BCUT2D eigenvalue weighted by Crippen LogP contribution is -2.12. The molecule has 1 aromatic heterocycles. The molecule has 0 bridgehead atoms. The highest BCUT2D eigenvalue weighted by molar-refractivity contribution is 5.78. The van der Waals surface area contributed by atoms with E-state index in [4.69, 9.17) is 0 Å². The Morgan fingerprint density at radius 3 is 2.48 bits per heavy atom. The molecule has 0 aliphatic heterocycles. The van der Waals surface area contributed by atoms with E-state index < -0.39 is 0 Å². The van der Waals surface area contributed by atoms with Crippen LogP contribution in [0.1, 0.15) is 11.5 Å². The lowest BCUT2D eigenvalue weighted by molar-refractivity contribution is 0.662. The minimum absolute atomic E-state index is 0.00932. The molecule has 3 rings (SSSR count). The predicted octanol–water partition coefficient (Wildman–Crippen LogP) is 3.31. The molecule has 0 aliphatic rings. The van der Waals surface area contributed by atoms with Gasteiger partial charge in [-0.1, -0.05) is 42.5 Å². The van der Waals surface area contributed by atoms with Gasteiger partial charge in [0.15, 0.2) is 5.43 Å². The molecule has 0 saturated carbocycles. The summed E-state index contributed by atoms with van der Waals surface area (Å²) in [6, 6.07) is 21.1. The molecular weight excluding hydrogens is 260 g/mol. The summed E-state index contributed by atoms with van der Waals surface area (Å²) in [5.74, 6) is -0.239. The third-order valence-corrected chi connectivity index (χ3v) is 3.62. The van der Waals surface area contributed by atoms with Crippen LogP contribution in [0.2, 0.25) is 0 Å². The Balaban J connectivity index is 2.04. The summed E-state index contributed by atoms with van der Waals surface area (Å²) >= 11 is 0. The average molecular weight is 274 g/mol. The van der Waals surface area contributed by atoms with Gasteiger partial charge in [-0.15, -0.1) is 0 Å². The van der Waals surface area contributed by atoms with Crippen molar-refractivity contribution >= 4 is 10.9 Å². The summed E-state index contributed by atoms with van der Waals surface area (Å²) in [5.41, 5.74) is 1.86. The normalized spacial score (nSPS) is 12.0. The predicted molar refractivity (Wildman–Crippen MR) is 83.0 cm³/mol. The van der Waals surface area contributed by atoms with E-state index in [1.54, 1.807) is 12.3 Å². The second-order valence-electron chi connectivity index (χ2n) is 4.94. The van der Waals surface area contributed by atoms with Crippen LogP contribution in [0.5, 0.6) is 0 Å². The molecule has 3 heteroatoms. The first-order valence-corrected chi connectivity index (χ1v) is 6.82. The van der Waals surface area contributed by atoms with E-state index in [1.165, 1.54) is 0 Å². The van der Waals surface area contributed by atoms with Gasteiger partial charge in [0.1, 0.15) is 0 Å². The highest BCUT2D eigenvalue weighted by Gasteiger charge is 2.12. The third-order valence-electron chi connectivity index (χ3n) is 3.62. The monoisotopic (exact) mass is 274 g/mol. The molecule has 3 aromatic rings. The number of hydrogen-bond acceptors (Lipinski definition) is 2. The van der Waals surface area contributed by atoms with Crippen LogP contribution < -0.4 is 5.43 Å². The highest BCUT2D eigenvalue weighted by atomic mass is 16.1. The molecule has 21 heavy (non-hydrogen) atoms. The standard InChI is InChI=1S/C18H14N2O/c19-12-15(14-6-2-1-3-7-14)13-20-11-10-18(21)16-8-4-5-9-17(16)20/h1-11,15H,13H2. The summed E-state index contributed by atoms with van der Waals surface area (Å²) in [4.78, 5) is 11.9. The number of hydrogen-bond donors (Lipinski definition) is 0. The van der Waals surface area contributed by atoms with Crippen molar-refractivity contribution in [3.8, 4) is 6.07 Å². The van der Waals surface area contributed by atoms with E-state index in [1.807, 2.05) is 59.2 Å². The molecule has 3 nitrogen and oxygen atoms in total. The molecule has 0 N–H and O–H groups in total. The van der Waals surface area contributed by atoms with Gasteiger partial charge in [-0.2, -0.15) is 5.26 Å². The molecule has 1 atom stereocenters. The van der Waals surface area contributed by atoms with Crippen molar-refractivity contribution in [1.29, 1.82) is 5.26 Å². The molecule has 1 unspecified atom stereocenters. The Bertz CT molecular complexity index is 860. The molecule has 2 aromatic carbocycles. The zero-order valence-electron chi connectivity index (χ0n) is 11.4. The molecule has 0 saturated heterocycles. The molecule has 102 valence electrons. The average Bonchev–Trinajstić information content (AvgIpc) is 2.55. The maximum atomic E-state index is 11.9. The Morgan fingerprint density at radius 1 is 1.00 bits per heavy atom. The summed E-state index contributed by atoms with van der Waals surface area (Å²) < 4.78 is 1.97. The summed E-state index contributed by atoms with van der Waals surface area (Å²) in [6.07, 6.45) is 1.76. The molecule has 0 amide bonds. The lowest BCUT2D eigenvalue weighted by atomic mass is 10.0. The molecule has 0 spiro atoms. The minimum Gasteiger partial charge on any atom is -0.346 e. The van der Waals surface area contributed by atoms with Gasteiger partial charge >= 0.3 is 0 Å². The van der Waals surface area contributed by atoms with Crippen molar-refractivity contribution in [1.82, 2.24) is 4.57 Å². The Hall–Kier alpha value is -2.86. The van der Waals surface area contributed by atoms with Crippen LogP contribution in [0.3, 0.4) is 0 Å². The van der Waals surface area contributed by atoms with Crippen LogP contribution in [-0.4, -0.2) is 4.57 Å². The van der Waals surface area contributed by atoms with Crippen LogP contribution in [-0.2, 0) is 6.54 Å². The van der Waals surface area contributed by atoms with Crippen LogP contribution in [0, 0.1) is 11.3 Å². The van der Waals surface area contributed by atoms with E-state index >= 15 is 0 Å². The zero-order chi connectivity index (χ0) is 14.7. The number of pyridine rings is 1. The number of para-hydroxylation sites is 1.